The summed E-state index contributed by atoms with van der Waals surface area (Å²) < 4.78 is 4.79. The van der Waals surface area contributed by atoms with Crippen LogP contribution >= 0.6 is 0 Å². The van der Waals surface area contributed by atoms with E-state index >= 15 is 0 Å². The number of rotatable bonds is 18. The van der Waals surface area contributed by atoms with Crippen molar-refractivity contribution in [3.63, 3.8) is 0 Å². The third-order valence-electron chi connectivity index (χ3n) is 9.36. The third kappa shape index (κ3) is 9.31. The molecule has 0 saturated heterocycles. The molecule has 0 radical (unpaired) electrons. The molecule has 63 heavy (non-hydrogen) atoms. The number of carbonyl (C=O) groups excluding carboxylic acids is 2. The van der Waals surface area contributed by atoms with Crippen molar-refractivity contribution in [3.05, 3.63) is 138 Å². The van der Waals surface area contributed by atoms with Gasteiger partial charge in [-0.1, -0.05) is 0 Å². The van der Waals surface area contributed by atoms with Crippen molar-refractivity contribution in [1.82, 2.24) is 0 Å². The maximum atomic E-state index is 13.5. The molecule has 0 bridgehead atoms. The van der Waals surface area contributed by atoms with E-state index in [0.29, 0.717) is 36.4 Å². The first-order chi connectivity index (χ1) is 29.4. The van der Waals surface area contributed by atoms with Gasteiger partial charge in [-0.25, -0.2) is 57.5 Å². The van der Waals surface area contributed by atoms with Crippen LogP contribution in [0, 0.1) is 0 Å². The van der Waals surface area contributed by atoms with Crippen LogP contribution in [-0.4, -0.2) is 123 Å². The summed E-state index contributed by atoms with van der Waals surface area (Å²) in [6, 6.07) is 5.24. The van der Waals surface area contributed by atoms with Gasteiger partial charge in [-0.2, -0.15) is 0 Å². The molecule has 23 nitrogen and oxygen atoms in total. The van der Waals surface area contributed by atoms with Gasteiger partial charge in [0, 0.05) is 0 Å². The lowest BCUT2D eigenvalue weighted by molar-refractivity contribution is 0.0383. The van der Waals surface area contributed by atoms with Crippen molar-refractivity contribution >= 4 is 71.6 Å². The van der Waals surface area contributed by atoms with Crippen LogP contribution in [0.5, 0.6) is 0 Å². The maximum Gasteiger partial charge on any atom is 0.346 e. The zero-order chi connectivity index (χ0) is 47.4. The molecule has 23 heteroatoms. The predicted octanol–water partition coefficient (Wildman–Crippen LogP) is 3.24. The average molecular weight is 875 g/mol. The summed E-state index contributed by atoms with van der Waals surface area (Å²) in [5.74, 6) is -22.6. The molecule has 0 aliphatic rings. The summed E-state index contributed by atoms with van der Waals surface area (Å²) in [5.41, 5.74) is -14.7. The van der Waals surface area contributed by atoms with E-state index in [1.807, 2.05) is 0 Å². The third-order valence-corrected chi connectivity index (χ3v) is 9.36. The van der Waals surface area contributed by atoms with E-state index in [-0.39, 0.29) is 0 Å². The zero-order valence-electron chi connectivity index (χ0n) is 31.2. The molecule has 0 heterocycles. The summed E-state index contributed by atoms with van der Waals surface area (Å²) in [5, 5.41) is 98.3. The molecule has 0 aliphatic carbocycles. The molecule has 4 aromatic rings. The van der Waals surface area contributed by atoms with Gasteiger partial charge in [0.25, 0.3) is 0 Å². The molecule has 10 N–H and O–H groups in total. The Morgan fingerprint density at radius 3 is 0.635 bits per heavy atom. The minimum atomic E-state index is -2.07. The summed E-state index contributed by atoms with van der Waals surface area (Å²) in [6.07, 6.45) is -3.56. The van der Waals surface area contributed by atoms with Crippen LogP contribution in [0.25, 0.3) is 0 Å². The van der Waals surface area contributed by atoms with Gasteiger partial charge in [0.05, 0.1) is 66.8 Å². The van der Waals surface area contributed by atoms with Crippen molar-refractivity contribution in [3.8, 4) is 0 Å². The highest BCUT2D eigenvalue weighted by Crippen LogP contribution is 2.30. The number of carboxylic acids is 10. The van der Waals surface area contributed by atoms with Crippen LogP contribution in [0.1, 0.15) is 147 Å². The molecule has 4 aromatic carbocycles. The first-order valence-electron chi connectivity index (χ1n) is 17.2. The molecule has 0 saturated carbocycles. The molecule has 0 atom stereocenters. The van der Waals surface area contributed by atoms with Gasteiger partial charge in [0.2, 0.25) is 0 Å². The molecule has 324 valence electrons. The van der Waals surface area contributed by atoms with Gasteiger partial charge in [-0.05, 0) is 96.5 Å². The van der Waals surface area contributed by atoms with Gasteiger partial charge in [0.1, 0.15) is 0 Å². The lowest BCUT2D eigenvalue weighted by atomic mass is 9.87. The topological polar surface area (TPSA) is 416 Å². The van der Waals surface area contributed by atoms with Crippen molar-refractivity contribution < 1.29 is 113 Å². The van der Waals surface area contributed by atoms with E-state index in [0.717, 1.165) is 12.1 Å². The molecular formula is C40H26O23. The predicted molar refractivity (Wildman–Crippen MR) is 200 cm³/mol. The van der Waals surface area contributed by atoms with Crippen LogP contribution in [0.4, 0.5) is 0 Å². The standard InChI is InChI=1S/C40H26O23/c41-29(42)17-5-9-21(33(49)50)25(35(53)54)13(17)1-3-15-19(31(45)46)7-11-23(27(15)37(57)58)39(61)63-40(62)24-12-8-20(32(47)48)16(28(24)38(59)60)4-2-14-18(30(43)44)6-10-22(34(51)52)26(14)36(55)56/h5-12H,1-4H2,(H,41,42)(H,43,44)(H,45,46)(H,47,48)(H,49,50)(H,51,52)(H,53,54)(H,55,56)(H,57,58)(H,59,60). The fraction of sp³-hybridized carbons (Fsp3) is 0.100. The summed E-state index contributed by atoms with van der Waals surface area (Å²) >= 11 is 0. The van der Waals surface area contributed by atoms with E-state index < -0.39 is 186 Å². The molecule has 0 unspecified atom stereocenters. The normalized spacial score (nSPS) is 10.6. The Labute approximate surface area is 347 Å². The number of aromatic carboxylic acids is 10. The van der Waals surface area contributed by atoms with E-state index in [9.17, 15) is 109 Å². The van der Waals surface area contributed by atoms with Crippen molar-refractivity contribution in [1.29, 1.82) is 0 Å². The highest BCUT2D eigenvalue weighted by atomic mass is 16.6. The maximum absolute atomic E-state index is 13.5. The van der Waals surface area contributed by atoms with Crippen molar-refractivity contribution in [2.45, 2.75) is 25.7 Å². The minimum Gasteiger partial charge on any atom is -0.478 e. The number of carbonyl (C=O) groups is 12. The fourth-order valence-electron chi connectivity index (χ4n) is 6.80. The second-order valence-electron chi connectivity index (χ2n) is 12.8. The first kappa shape index (κ1) is 46.4. The Kier molecular flexibility index (Phi) is 13.5. The number of ether oxygens (including phenoxy) is 1. The number of benzene rings is 4. The monoisotopic (exact) mass is 874 g/mol. The lowest BCUT2D eigenvalue weighted by Crippen LogP contribution is -2.23. The van der Waals surface area contributed by atoms with Gasteiger partial charge in [0.15, 0.2) is 0 Å². The summed E-state index contributed by atoms with van der Waals surface area (Å²) in [6.45, 7) is 0. The first-order valence-corrected chi connectivity index (χ1v) is 17.2. The average Bonchev–Trinajstić information content (AvgIpc) is 3.19. The van der Waals surface area contributed by atoms with E-state index in [4.69, 9.17) is 4.74 Å². The van der Waals surface area contributed by atoms with Gasteiger partial charge < -0.3 is 55.8 Å². The Bertz CT molecular complexity index is 2590. The molecule has 0 aliphatic heterocycles. The zero-order valence-corrected chi connectivity index (χ0v) is 31.2. The fourth-order valence-corrected chi connectivity index (χ4v) is 6.80. The Morgan fingerprint density at radius 1 is 0.270 bits per heavy atom. The van der Waals surface area contributed by atoms with Crippen LogP contribution in [0.2, 0.25) is 0 Å². The van der Waals surface area contributed by atoms with Gasteiger partial charge >= 0.3 is 71.6 Å². The quantitative estimate of drug-likeness (QED) is 0.0506. The molecule has 0 amide bonds. The second kappa shape index (κ2) is 18.3. The van der Waals surface area contributed by atoms with Crippen molar-refractivity contribution in [2.24, 2.45) is 0 Å². The van der Waals surface area contributed by atoms with Crippen LogP contribution in [0.3, 0.4) is 0 Å². The highest BCUT2D eigenvalue weighted by molar-refractivity contribution is 6.13. The molecule has 0 spiro atoms. The second-order valence-corrected chi connectivity index (χ2v) is 12.8. The molecule has 0 aromatic heterocycles. The van der Waals surface area contributed by atoms with Gasteiger partial charge in [-0.3, -0.25) is 0 Å². The highest BCUT2D eigenvalue weighted by Gasteiger charge is 2.33. The number of esters is 2. The van der Waals surface area contributed by atoms with Crippen LogP contribution in [-0.2, 0) is 30.4 Å². The Balaban J connectivity index is 1.85. The number of hydrogen-bond acceptors (Lipinski definition) is 13. The van der Waals surface area contributed by atoms with Crippen LogP contribution < -0.4 is 0 Å². The van der Waals surface area contributed by atoms with Crippen LogP contribution in [0.15, 0.2) is 48.5 Å². The number of carboxylic acid groups (broad SMARTS) is 10. The summed E-state index contributed by atoms with van der Waals surface area (Å²) in [4.78, 5) is 149. The SMILES string of the molecule is O=C(O)c1ccc(C(=O)O)c(C(=O)O)c1CCc1c(C(=O)O)ccc(C(=O)OC(=O)c2ccc(C(=O)O)c(CCc3c(C(=O)O)ccc(C(=O)O)c3C(=O)O)c2C(=O)O)c1C(=O)O. The minimum absolute atomic E-state index is 0.560. The Morgan fingerprint density at radius 2 is 0.444 bits per heavy atom. The van der Waals surface area contributed by atoms with Gasteiger partial charge in [-0.15, -0.1) is 0 Å². The molecule has 4 rings (SSSR count). The molecule has 0 fully saturated rings. The largest absolute Gasteiger partial charge is 0.478 e. The smallest absolute Gasteiger partial charge is 0.346 e. The van der Waals surface area contributed by atoms with E-state index in [2.05, 4.69) is 0 Å². The molecular weight excluding hydrogens is 848 g/mol. The Hall–Kier alpha value is -9.28. The van der Waals surface area contributed by atoms with E-state index in [1.165, 1.54) is 0 Å². The number of hydrogen-bond donors (Lipinski definition) is 10. The van der Waals surface area contributed by atoms with E-state index in [1.54, 1.807) is 0 Å². The summed E-state index contributed by atoms with van der Waals surface area (Å²) in [7, 11) is 0. The van der Waals surface area contributed by atoms with Crippen molar-refractivity contribution in [2.75, 3.05) is 0 Å². The lowest BCUT2D eigenvalue weighted by Gasteiger charge is -2.17.